The summed E-state index contributed by atoms with van der Waals surface area (Å²) >= 11 is 8.87. The zero-order valence-electron chi connectivity index (χ0n) is 10.9. The number of aromatic nitrogens is 1. The van der Waals surface area contributed by atoms with Gasteiger partial charge in [0.05, 0.1) is 0 Å². The Bertz CT molecular complexity index is 566. The van der Waals surface area contributed by atoms with Crippen molar-refractivity contribution < 1.29 is 0 Å². The van der Waals surface area contributed by atoms with Crippen molar-refractivity contribution in [2.45, 2.75) is 5.33 Å². The number of benzene rings is 1. The molecule has 3 rings (SSSR count). The minimum Gasteiger partial charge on any atom is -0.368 e. The van der Waals surface area contributed by atoms with E-state index in [0.717, 1.165) is 41.1 Å². The molecule has 1 aliphatic rings. The van der Waals surface area contributed by atoms with E-state index in [1.807, 2.05) is 11.6 Å². The zero-order valence-corrected chi connectivity index (χ0v) is 14.9. The van der Waals surface area contributed by atoms with E-state index in [-0.39, 0.29) is 0 Å². The maximum Gasteiger partial charge on any atom is 0.185 e. The van der Waals surface area contributed by atoms with Gasteiger partial charge in [0, 0.05) is 53.2 Å². The fourth-order valence-electron chi connectivity index (χ4n) is 2.46. The lowest BCUT2D eigenvalue weighted by Gasteiger charge is -2.36. The molecular weight excluding hydrogens is 402 g/mol. The third kappa shape index (κ3) is 3.02. The van der Waals surface area contributed by atoms with Gasteiger partial charge in [0.25, 0.3) is 0 Å². The summed E-state index contributed by atoms with van der Waals surface area (Å²) in [5, 5.41) is 4.07. The van der Waals surface area contributed by atoms with Crippen LogP contribution in [0.2, 0.25) is 0 Å². The fraction of sp³-hybridized carbons (Fsp3) is 0.357. The van der Waals surface area contributed by atoms with Crippen LogP contribution in [-0.4, -0.2) is 31.2 Å². The summed E-state index contributed by atoms with van der Waals surface area (Å²) in [5.41, 5.74) is 2.67. The number of thiazole rings is 1. The predicted octanol–water partition coefficient (Wildman–Crippen LogP) is 4.13. The Morgan fingerprint density at radius 1 is 1.15 bits per heavy atom. The van der Waals surface area contributed by atoms with E-state index < -0.39 is 0 Å². The van der Waals surface area contributed by atoms with Crippen molar-refractivity contribution in [1.29, 1.82) is 0 Å². The largest absolute Gasteiger partial charge is 0.368 e. The molecule has 2 aromatic rings. The van der Waals surface area contributed by atoms with Gasteiger partial charge in [0.15, 0.2) is 5.13 Å². The van der Waals surface area contributed by atoms with Gasteiger partial charge in [-0.15, -0.1) is 11.3 Å². The molecule has 0 amide bonds. The summed E-state index contributed by atoms with van der Waals surface area (Å²) < 4.78 is 1.14. The van der Waals surface area contributed by atoms with Crippen molar-refractivity contribution in [2.24, 2.45) is 0 Å². The third-order valence-electron chi connectivity index (χ3n) is 3.50. The van der Waals surface area contributed by atoms with Crippen molar-refractivity contribution in [3.63, 3.8) is 0 Å². The van der Waals surface area contributed by atoms with Crippen LogP contribution < -0.4 is 9.80 Å². The Hall–Kier alpha value is -0.590. The van der Waals surface area contributed by atoms with E-state index >= 15 is 0 Å². The summed E-state index contributed by atoms with van der Waals surface area (Å²) in [4.78, 5) is 9.23. The monoisotopic (exact) mass is 415 g/mol. The Labute approximate surface area is 139 Å². The molecule has 0 radical (unpaired) electrons. The number of nitrogens with zero attached hydrogens (tertiary/aromatic N) is 3. The minimum atomic E-state index is 0.891. The molecule has 0 aliphatic carbocycles. The molecule has 0 bridgehead atoms. The Morgan fingerprint density at radius 3 is 2.55 bits per heavy atom. The van der Waals surface area contributed by atoms with Crippen LogP contribution in [0, 0.1) is 0 Å². The third-order valence-corrected chi connectivity index (χ3v) is 5.43. The van der Waals surface area contributed by atoms with Crippen molar-refractivity contribution in [1.82, 2.24) is 4.98 Å². The Balaban J connectivity index is 1.73. The van der Waals surface area contributed by atoms with Crippen LogP contribution >= 0.6 is 43.2 Å². The van der Waals surface area contributed by atoms with Crippen molar-refractivity contribution in [3.8, 4) is 0 Å². The van der Waals surface area contributed by atoms with E-state index in [0.29, 0.717) is 0 Å². The van der Waals surface area contributed by atoms with Crippen LogP contribution in [0.15, 0.2) is 34.2 Å². The molecule has 1 aromatic heterocycles. The average Bonchev–Trinajstić information content (AvgIpc) is 3.02. The van der Waals surface area contributed by atoms with Gasteiger partial charge < -0.3 is 9.80 Å². The second kappa shape index (κ2) is 6.45. The van der Waals surface area contributed by atoms with Gasteiger partial charge in [0.1, 0.15) is 0 Å². The highest BCUT2D eigenvalue weighted by Crippen LogP contribution is 2.29. The quantitative estimate of drug-likeness (QED) is 0.701. The molecule has 0 N–H and O–H groups in total. The first-order valence-corrected chi connectivity index (χ1v) is 9.31. The highest BCUT2D eigenvalue weighted by Gasteiger charge is 2.20. The van der Waals surface area contributed by atoms with Crippen LogP contribution in [-0.2, 0) is 5.33 Å². The van der Waals surface area contributed by atoms with E-state index in [1.165, 1.54) is 11.3 Å². The number of anilines is 2. The topological polar surface area (TPSA) is 19.4 Å². The molecule has 20 heavy (non-hydrogen) atoms. The van der Waals surface area contributed by atoms with Crippen LogP contribution in [0.3, 0.4) is 0 Å². The predicted molar refractivity (Wildman–Crippen MR) is 93.3 cm³/mol. The number of hydrogen-bond donors (Lipinski definition) is 0. The van der Waals surface area contributed by atoms with E-state index in [2.05, 4.69) is 64.8 Å². The molecule has 6 heteroatoms. The van der Waals surface area contributed by atoms with Crippen LogP contribution in [0.4, 0.5) is 10.8 Å². The standard InChI is InChI=1S/C14H15Br2N3S/c15-10-11-1-2-12(16)9-13(11)18-4-6-19(7-5-18)14-17-3-8-20-14/h1-3,8-9H,4-7,10H2. The van der Waals surface area contributed by atoms with Crippen molar-refractivity contribution >= 4 is 54.0 Å². The molecule has 0 atom stereocenters. The molecule has 0 spiro atoms. The van der Waals surface area contributed by atoms with Gasteiger partial charge in [0.2, 0.25) is 0 Å². The Morgan fingerprint density at radius 2 is 1.90 bits per heavy atom. The second-order valence-corrected chi connectivity index (χ2v) is 7.04. The maximum atomic E-state index is 4.40. The molecule has 2 heterocycles. The van der Waals surface area contributed by atoms with Gasteiger partial charge >= 0.3 is 0 Å². The number of piperazine rings is 1. The lowest BCUT2D eigenvalue weighted by atomic mass is 10.1. The molecule has 3 nitrogen and oxygen atoms in total. The molecule has 1 fully saturated rings. The van der Waals surface area contributed by atoms with Gasteiger partial charge in [-0.25, -0.2) is 4.98 Å². The van der Waals surface area contributed by atoms with E-state index in [4.69, 9.17) is 0 Å². The Kier molecular flexibility index (Phi) is 4.63. The first-order valence-electron chi connectivity index (χ1n) is 6.51. The van der Waals surface area contributed by atoms with Gasteiger partial charge in [-0.2, -0.15) is 0 Å². The van der Waals surface area contributed by atoms with Crippen LogP contribution in [0.5, 0.6) is 0 Å². The lowest BCUT2D eigenvalue weighted by molar-refractivity contribution is 0.651. The van der Waals surface area contributed by atoms with Crippen molar-refractivity contribution in [3.05, 3.63) is 39.8 Å². The fourth-order valence-corrected chi connectivity index (χ4v) is 3.98. The highest BCUT2D eigenvalue weighted by molar-refractivity contribution is 9.10. The highest BCUT2D eigenvalue weighted by atomic mass is 79.9. The minimum absolute atomic E-state index is 0.891. The molecule has 0 unspecified atom stereocenters. The summed E-state index contributed by atoms with van der Waals surface area (Å²) in [5.74, 6) is 0. The van der Waals surface area contributed by atoms with Gasteiger partial charge in [-0.3, -0.25) is 0 Å². The zero-order chi connectivity index (χ0) is 13.9. The lowest BCUT2D eigenvalue weighted by Crippen LogP contribution is -2.46. The van der Waals surface area contributed by atoms with Crippen LogP contribution in [0.25, 0.3) is 0 Å². The second-order valence-electron chi connectivity index (χ2n) is 4.70. The smallest absolute Gasteiger partial charge is 0.185 e. The summed E-state index contributed by atoms with van der Waals surface area (Å²) in [6.07, 6.45) is 1.88. The van der Waals surface area contributed by atoms with Gasteiger partial charge in [-0.1, -0.05) is 37.9 Å². The average molecular weight is 417 g/mol. The SMILES string of the molecule is BrCc1ccc(Br)cc1N1CCN(c2nccs2)CC1. The molecule has 1 saturated heterocycles. The number of rotatable bonds is 3. The first-order chi connectivity index (χ1) is 9.78. The number of hydrogen-bond acceptors (Lipinski definition) is 4. The molecule has 106 valence electrons. The van der Waals surface area contributed by atoms with Crippen LogP contribution in [0.1, 0.15) is 5.56 Å². The van der Waals surface area contributed by atoms with E-state index in [9.17, 15) is 0 Å². The first kappa shape index (κ1) is 14.4. The summed E-state index contributed by atoms with van der Waals surface area (Å²) in [7, 11) is 0. The summed E-state index contributed by atoms with van der Waals surface area (Å²) in [6.45, 7) is 4.13. The molecular formula is C14H15Br2N3S. The van der Waals surface area contributed by atoms with Gasteiger partial charge in [-0.05, 0) is 17.7 Å². The summed E-state index contributed by atoms with van der Waals surface area (Å²) in [6, 6.07) is 6.50. The molecule has 1 aliphatic heterocycles. The molecule has 0 saturated carbocycles. The van der Waals surface area contributed by atoms with Crippen molar-refractivity contribution in [2.75, 3.05) is 36.0 Å². The number of halogens is 2. The maximum absolute atomic E-state index is 4.40. The van der Waals surface area contributed by atoms with E-state index in [1.54, 1.807) is 11.3 Å². The molecule has 1 aromatic carbocycles. The normalized spacial score (nSPS) is 15.7. The number of alkyl halides is 1.